The average molecular weight is 815 g/mol. The number of hydrogen-bond acceptors (Lipinski definition) is 9. The van der Waals surface area contributed by atoms with E-state index in [2.05, 4.69) is 0 Å². The predicted octanol–water partition coefficient (Wildman–Crippen LogP) is 11.2. The van der Waals surface area contributed by atoms with Crippen molar-refractivity contribution in [3.63, 3.8) is 0 Å². The zero-order valence-electron chi connectivity index (χ0n) is 34.3. The molecule has 0 radical (unpaired) electrons. The Labute approximate surface area is 356 Å². The summed E-state index contributed by atoms with van der Waals surface area (Å²) >= 11 is 0. The average Bonchev–Trinajstić information content (AvgIpc) is 3.32. The van der Waals surface area contributed by atoms with Crippen LogP contribution in [0.1, 0.15) is 48.5 Å². The van der Waals surface area contributed by atoms with E-state index in [4.69, 9.17) is 33.2 Å². The molecule has 0 aliphatic carbocycles. The first-order valence-electron chi connectivity index (χ1n) is 19.8. The molecule has 61 heavy (non-hydrogen) atoms. The number of aryl methyl sites for hydroxylation is 2. The van der Waals surface area contributed by atoms with Gasteiger partial charge >= 0.3 is 11.9 Å². The lowest BCUT2D eigenvalue weighted by Gasteiger charge is -2.19. The summed E-state index contributed by atoms with van der Waals surface area (Å²) in [5.74, 6) is 2.24. The molecular weight excluding hydrogens is 769 g/mol. The summed E-state index contributed by atoms with van der Waals surface area (Å²) in [5, 5.41) is 0. The van der Waals surface area contributed by atoms with Crippen LogP contribution in [0.25, 0.3) is 11.1 Å². The molecule has 0 spiro atoms. The number of esters is 2. The van der Waals surface area contributed by atoms with Gasteiger partial charge in [-0.15, -0.1) is 0 Å². The fourth-order valence-electron chi connectivity index (χ4n) is 6.76. The van der Waals surface area contributed by atoms with E-state index in [-0.39, 0.29) is 0 Å². The summed E-state index contributed by atoms with van der Waals surface area (Å²) < 4.78 is 41.2. The van der Waals surface area contributed by atoms with Crippen LogP contribution in [0.2, 0.25) is 0 Å². The Morgan fingerprint density at radius 2 is 1.00 bits per heavy atom. The van der Waals surface area contributed by atoms with Crippen LogP contribution in [-0.2, 0) is 42.1 Å². The molecule has 7 aromatic carbocycles. The largest absolute Gasteiger partial charge is 0.493 e. The third-order valence-electron chi connectivity index (χ3n) is 9.99. The van der Waals surface area contributed by atoms with Gasteiger partial charge < -0.3 is 33.2 Å². The van der Waals surface area contributed by atoms with Crippen molar-refractivity contribution < 1.29 is 42.7 Å². The number of carbonyl (C=O) groups is 2. The first-order valence-corrected chi connectivity index (χ1v) is 19.8. The van der Waals surface area contributed by atoms with Gasteiger partial charge in [-0.3, -0.25) is 0 Å². The highest BCUT2D eigenvalue weighted by Crippen LogP contribution is 2.40. The van der Waals surface area contributed by atoms with Crippen LogP contribution < -0.4 is 23.7 Å². The Bertz CT molecular complexity index is 2540. The van der Waals surface area contributed by atoms with Gasteiger partial charge in [0, 0.05) is 5.56 Å². The molecule has 0 saturated carbocycles. The lowest BCUT2D eigenvalue weighted by atomic mass is 9.91. The van der Waals surface area contributed by atoms with Gasteiger partial charge in [0.2, 0.25) is 0 Å². The fourth-order valence-corrected chi connectivity index (χ4v) is 6.76. The normalized spacial score (nSPS) is 10.7. The first kappa shape index (κ1) is 41.6. The van der Waals surface area contributed by atoms with Crippen molar-refractivity contribution in [1.29, 1.82) is 0 Å². The van der Waals surface area contributed by atoms with Gasteiger partial charge in [-0.2, -0.15) is 0 Å². The standard InChI is InChI=1S/C52H46O9/c1-55-48-32-46(52(54)57-3)45(31-49(48)60-35-39-17-11-6-12-18-39)44-27-26-43(58-33-37-13-7-4-8-14-37)30-41(44)21-19-36-20-28-47(59-34-38-15-9-5-10-16-38)50(29-36)61-42-24-22-40(23-25-42)51(53)56-2/h4-18,20,22-32H,19,21,33-35H2,1-3H3. The molecule has 7 rings (SSSR count). The van der Waals surface area contributed by atoms with Crippen LogP contribution in [0.4, 0.5) is 0 Å². The highest BCUT2D eigenvalue weighted by atomic mass is 16.5. The molecule has 0 unspecified atom stereocenters. The third-order valence-corrected chi connectivity index (χ3v) is 9.99. The van der Waals surface area contributed by atoms with Crippen molar-refractivity contribution >= 4 is 11.9 Å². The van der Waals surface area contributed by atoms with Crippen LogP contribution in [0, 0.1) is 0 Å². The predicted molar refractivity (Wildman–Crippen MR) is 234 cm³/mol. The number of methoxy groups -OCH3 is 3. The van der Waals surface area contributed by atoms with Gasteiger partial charge in [-0.1, -0.05) is 103 Å². The molecule has 0 amide bonds. The van der Waals surface area contributed by atoms with Gasteiger partial charge in [0.1, 0.15) is 31.3 Å². The molecule has 0 N–H and O–H groups in total. The van der Waals surface area contributed by atoms with Crippen molar-refractivity contribution in [2.75, 3.05) is 21.3 Å². The Kier molecular flexibility index (Phi) is 14.0. The van der Waals surface area contributed by atoms with Crippen molar-refractivity contribution in [1.82, 2.24) is 0 Å². The second-order valence-corrected chi connectivity index (χ2v) is 14.1. The van der Waals surface area contributed by atoms with E-state index in [1.54, 1.807) is 37.4 Å². The van der Waals surface area contributed by atoms with E-state index in [1.165, 1.54) is 14.2 Å². The molecule has 0 atom stereocenters. The number of carbonyl (C=O) groups excluding carboxylic acids is 2. The van der Waals surface area contributed by atoms with E-state index in [1.807, 2.05) is 133 Å². The summed E-state index contributed by atoms with van der Waals surface area (Å²) in [5.41, 5.74) is 7.14. The summed E-state index contributed by atoms with van der Waals surface area (Å²) in [4.78, 5) is 25.5. The number of benzene rings is 7. The molecule has 0 aliphatic rings. The highest BCUT2D eigenvalue weighted by molar-refractivity contribution is 5.99. The van der Waals surface area contributed by atoms with Gasteiger partial charge in [0.25, 0.3) is 0 Å². The fraction of sp³-hybridized carbons (Fsp3) is 0.154. The molecular formula is C52H46O9. The quantitative estimate of drug-likeness (QED) is 0.0784. The van der Waals surface area contributed by atoms with Crippen LogP contribution in [0.3, 0.4) is 0 Å². The van der Waals surface area contributed by atoms with E-state index >= 15 is 0 Å². The van der Waals surface area contributed by atoms with Gasteiger partial charge in [-0.05, 0) is 107 Å². The summed E-state index contributed by atoms with van der Waals surface area (Å²) in [6.07, 6.45) is 1.15. The second kappa shape index (κ2) is 20.4. The van der Waals surface area contributed by atoms with E-state index < -0.39 is 11.9 Å². The molecule has 0 fully saturated rings. The number of rotatable bonds is 18. The van der Waals surface area contributed by atoms with Gasteiger partial charge in [-0.25, -0.2) is 9.59 Å². The Morgan fingerprint density at radius 3 is 1.59 bits per heavy atom. The van der Waals surface area contributed by atoms with Crippen molar-refractivity contribution in [3.8, 4) is 45.6 Å². The molecule has 7 aromatic rings. The molecule has 0 bridgehead atoms. The van der Waals surface area contributed by atoms with Crippen molar-refractivity contribution in [2.24, 2.45) is 0 Å². The second-order valence-electron chi connectivity index (χ2n) is 14.1. The maximum atomic E-state index is 13.4. The Balaban J connectivity index is 1.23. The minimum absolute atomic E-state index is 0.304. The van der Waals surface area contributed by atoms with Crippen LogP contribution in [0.15, 0.2) is 164 Å². The minimum atomic E-state index is -0.509. The van der Waals surface area contributed by atoms with Crippen molar-refractivity contribution in [2.45, 2.75) is 32.7 Å². The lowest BCUT2D eigenvalue weighted by molar-refractivity contribution is 0.0592. The van der Waals surface area contributed by atoms with Gasteiger partial charge in [0.05, 0.1) is 32.5 Å². The number of hydrogen-bond donors (Lipinski definition) is 0. The molecule has 9 nitrogen and oxygen atoms in total. The molecule has 0 aromatic heterocycles. The third kappa shape index (κ3) is 11.0. The Morgan fingerprint density at radius 1 is 0.426 bits per heavy atom. The monoisotopic (exact) mass is 814 g/mol. The minimum Gasteiger partial charge on any atom is -0.493 e. The molecule has 0 saturated heterocycles. The highest BCUT2D eigenvalue weighted by Gasteiger charge is 2.22. The number of ether oxygens (including phenoxy) is 7. The van der Waals surface area contributed by atoms with E-state index in [0.29, 0.717) is 83.8 Å². The van der Waals surface area contributed by atoms with Gasteiger partial charge in [0.15, 0.2) is 23.0 Å². The SMILES string of the molecule is COC(=O)c1ccc(Oc2cc(CCc3cc(OCc4ccccc4)ccc3-c3cc(OCc4ccccc4)c(OC)cc3C(=O)OC)ccc2OCc2ccccc2)cc1. The zero-order valence-corrected chi connectivity index (χ0v) is 34.3. The van der Waals surface area contributed by atoms with Crippen LogP contribution in [-0.4, -0.2) is 33.3 Å². The maximum Gasteiger partial charge on any atom is 0.338 e. The first-order chi connectivity index (χ1) is 29.9. The smallest absolute Gasteiger partial charge is 0.338 e. The lowest BCUT2D eigenvalue weighted by Crippen LogP contribution is -2.07. The van der Waals surface area contributed by atoms with Crippen LogP contribution >= 0.6 is 0 Å². The summed E-state index contributed by atoms with van der Waals surface area (Å²) in [6, 6.07) is 51.8. The molecule has 0 heterocycles. The van der Waals surface area contributed by atoms with E-state index in [0.717, 1.165) is 33.4 Å². The van der Waals surface area contributed by atoms with Crippen molar-refractivity contribution in [3.05, 3.63) is 203 Å². The Hall–Kier alpha value is -7.52. The summed E-state index contributed by atoms with van der Waals surface area (Å²) in [6.45, 7) is 1.04. The molecule has 308 valence electrons. The topological polar surface area (TPSA) is 98.8 Å². The maximum absolute atomic E-state index is 13.4. The zero-order chi connectivity index (χ0) is 42.4. The van der Waals surface area contributed by atoms with E-state index in [9.17, 15) is 9.59 Å². The van der Waals surface area contributed by atoms with Crippen LogP contribution in [0.5, 0.6) is 34.5 Å². The molecule has 9 heteroatoms. The summed E-state index contributed by atoms with van der Waals surface area (Å²) in [7, 11) is 4.25. The molecule has 0 aliphatic heterocycles.